The van der Waals surface area contributed by atoms with E-state index < -0.39 is 0 Å². The number of rotatable bonds is 3. The van der Waals surface area contributed by atoms with Crippen LogP contribution in [0.5, 0.6) is 11.5 Å². The van der Waals surface area contributed by atoms with E-state index in [2.05, 4.69) is 15.5 Å². The minimum Gasteiger partial charge on any atom is -0.486 e. The number of anilines is 1. The second-order valence-electron chi connectivity index (χ2n) is 5.47. The highest BCUT2D eigenvalue weighted by Gasteiger charge is 2.14. The molecule has 0 unspecified atom stereocenters. The number of hydrogen-bond acceptors (Lipinski definition) is 4. The maximum atomic E-state index is 12.3. The van der Waals surface area contributed by atoms with E-state index in [4.69, 9.17) is 21.1 Å². The van der Waals surface area contributed by atoms with Gasteiger partial charge >= 0.3 is 0 Å². The van der Waals surface area contributed by atoms with Crippen LogP contribution in [0.1, 0.15) is 5.56 Å². The Morgan fingerprint density at radius 1 is 1.17 bits per heavy atom. The summed E-state index contributed by atoms with van der Waals surface area (Å²) in [5.41, 5.74) is 1.62. The highest BCUT2D eigenvalue weighted by atomic mass is 35.5. The quantitative estimate of drug-likeness (QED) is 0.766. The molecule has 0 bridgehead atoms. The second kappa shape index (κ2) is 6.05. The largest absolute Gasteiger partial charge is 0.486 e. The molecule has 122 valence electrons. The van der Waals surface area contributed by atoms with Gasteiger partial charge in [-0.15, -0.1) is 0 Å². The van der Waals surface area contributed by atoms with Crippen molar-refractivity contribution in [2.75, 3.05) is 18.5 Å². The van der Waals surface area contributed by atoms with Crippen molar-refractivity contribution in [3.05, 3.63) is 47.0 Å². The molecular weight excluding hydrogens is 330 g/mol. The Balaban J connectivity index is 1.50. The van der Waals surface area contributed by atoms with Crippen LogP contribution in [0.2, 0.25) is 5.02 Å². The molecule has 24 heavy (non-hydrogen) atoms. The average molecular weight is 344 g/mol. The summed E-state index contributed by atoms with van der Waals surface area (Å²) in [6.45, 7) is 1.06. The number of halogens is 1. The van der Waals surface area contributed by atoms with Crippen LogP contribution in [-0.2, 0) is 11.2 Å². The van der Waals surface area contributed by atoms with E-state index in [1.54, 1.807) is 12.1 Å². The standard InChI is InChI=1S/C17H14ClN3O3/c18-11-2-3-12-13(9-11)20-21-17(12)19-16(22)8-10-1-4-14-15(7-10)24-6-5-23-14/h1-4,7,9H,5-6,8H2,(H2,19,20,21,22). The first-order chi connectivity index (χ1) is 11.7. The maximum absolute atomic E-state index is 12.3. The van der Waals surface area contributed by atoms with Crippen LogP contribution >= 0.6 is 11.6 Å². The summed E-state index contributed by atoms with van der Waals surface area (Å²) in [6.07, 6.45) is 0.221. The molecular formula is C17H14ClN3O3. The molecule has 0 saturated heterocycles. The number of hydrogen-bond donors (Lipinski definition) is 2. The maximum Gasteiger partial charge on any atom is 0.230 e. The lowest BCUT2D eigenvalue weighted by Gasteiger charge is -2.18. The Labute approximate surface area is 142 Å². The molecule has 1 amide bonds. The number of ether oxygens (including phenoxy) is 2. The number of benzene rings is 2. The highest BCUT2D eigenvalue weighted by Crippen LogP contribution is 2.31. The van der Waals surface area contributed by atoms with Gasteiger partial charge in [0.25, 0.3) is 0 Å². The Kier molecular flexibility index (Phi) is 3.74. The van der Waals surface area contributed by atoms with Gasteiger partial charge in [0.1, 0.15) is 13.2 Å². The van der Waals surface area contributed by atoms with E-state index in [0.29, 0.717) is 35.6 Å². The summed E-state index contributed by atoms with van der Waals surface area (Å²) in [6, 6.07) is 10.9. The lowest BCUT2D eigenvalue weighted by Crippen LogP contribution is -2.17. The van der Waals surface area contributed by atoms with Crippen molar-refractivity contribution in [1.29, 1.82) is 0 Å². The van der Waals surface area contributed by atoms with Crippen LogP contribution in [0, 0.1) is 0 Å². The van der Waals surface area contributed by atoms with E-state index in [0.717, 1.165) is 16.5 Å². The molecule has 0 aliphatic carbocycles. The van der Waals surface area contributed by atoms with Gasteiger partial charge in [-0.05, 0) is 35.9 Å². The summed E-state index contributed by atoms with van der Waals surface area (Å²) in [7, 11) is 0. The van der Waals surface area contributed by atoms with Crippen molar-refractivity contribution in [3.8, 4) is 11.5 Å². The molecule has 3 aromatic rings. The van der Waals surface area contributed by atoms with Crippen LogP contribution in [0.15, 0.2) is 36.4 Å². The van der Waals surface area contributed by atoms with Gasteiger partial charge in [0.05, 0.1) is 11.9 Å². The van der Waals surface area contributed by atoms with Crippen LogP contribution < -0.4 is 14.8 Å². The molecule has 4 rings (SSSR count). The first-order valence-electron chi connectivity index (χ1n) is 7.51. The number of nitrogens with one attached hydrogen (secondary N) is 2. The minimum absolute atomic E-state index is 0.157. The Morgan fingerprint density at radius 2 is 2.00 bits per heavy atom. The number of carbonyl (C=O) groups excluding carboxylic acids is 1. The molecule has 0 atom stereocenters. The normalized spacial score (nSPS) is 13.0. The summed E-state index contributed by atoms with van der Waals surface area (Å²) in [4.78, 5) is 12.3. The number of H-pyrrole nitrogens is 1. The van der Waals surface area contributed by atoms with Gasteiger partial charge in [-0.1, -0.05) is 17.7 Å². The van der Waals surface area contributed by atoms with E-state index in [-0.39, 0.29) is 12.3 Å². The molecule has 0 fully saturated rings. The Morgan fingerprint density at radius 3 is 2.88 bits per heavy atom. The SMILES string of the molecule is O=C(Cc1ccc2c(c1)OCCO2)Nc1n[nH]c2cc(Cl)ccc12. The summed E-state index contributed by atoms with van der Waals surface area (Å²) in [5.74, 6) is 1.71. The smallest absolute Gasteiger partial charge is 0.230 e. The van der Waals surface area contributed by atoms with E-state index in [9.17, 15) is 4.79 Å². The number of aromatic amines is 1. The number of amides is 1. The van der Waals surface area contributed by atoms with Gasteiger partial charge in [-0.2, -0.15) is 5.10 Å². The highest BCUT2D eigenvalue weighted by molar-refractivity contribution is 6.31. The molecule has 1 aliphatic rings. The fourth-order valence-electron chi connectivity index (χ4n) is 2.65. The predicted octanol–water partition coefficient (Wildman–Crippen LogP) is 3.17. The van der Waals surface area contributed by atoms with Crippen molar-refractivity contribution in [1.82, 2.24) is 10.2 Å². The topological polar surface area (TPSA) is 76.2 Å². The second-order valence-corrected chi connectivity index (χ2v) is 5.90. The molecule has 7 heteroatoms. The third kappa shape index (κ3) is 2.88. The van der Waals surface area contributed by atoms with Crippen molar-refractivity contribution in [2.24, 2.45) is 0 Å². The Hall–Kier alpha value is -2.73. The first-order valence-corrected chi connectivity index (χ1v) is 7.89. The van der Waals surface area contributed by atoms with E-state index in [1.807, 2.05) is 24.3 Å². The third-order valence-corrected chi connectivity index (χ3v) is 3.99. The number of aromatic nitrogens is 2. The molecule has 1 aliphatic heterocycles. The lowest BCUT2D eigenvalue weighted by atomic mass is 10.1. The van der Waals surface area contributed by atoms with Crippen LogP contribution in [0.25, 0.3) is 10.9 Å². The van der Waals surface area contributed by atoms with E-state index >= 15 is 0 Å². The molecule has 0 saturated carbocycles. The summed E-state index contributed by atoms with van der Waals surface area (Å²) >= 11 is 5.94. The zero-order valence-corrected chi connectivity index (χ0v) is 13.4. The van der Waals surface area contributed by atoms with Gasteiger partial charge in [0.2, 0.25) is 5.91 Å². The van der Waals surface area contributed by atoms with Gasteiger partial charge < -0.3 is 14.8 Å². The zero-order valence-electron chi connectivity index (χ0n) is 12.6. The Bertz CT molecular complexity index is 923. The van der Waals surface area contributed by atoms with Crippen LogP contribution in [-0.4, -0.2) is 29.3 Å². The summed E-state index contributed by atoms with van der Waals surface area (Å²) < 4.78 is 11.0. The first kappa shape index (κ1) is 14.8. The van der Waals surface area contributed by atoms with Crippen LogP contribution in [0.3, 0.4) is 0 Å². The molecule has 1 aromatic heterocycles. The monoisotopic (exact) mass is 343 g/mol. The fraction of sp³-hybridized carbons (Fsp3) is 0.176. The summed E-state index contributed by atoms with van der Waals surface area (Å²) in [5, 5.41) is 11.2. The van der Waals surface area contributed by atoms with E-state index in [1.165, 1.54) is 0 Å². The molecule has 0 spiro atoms. The minimum atomic E-state index is -0.157. The predicted molar refractivity (Wildman–Crippen MR) is 90.9 cm³/mol. The van der Waals surface area contributed by atoms with Crippen LogP contribution in [0.4, 0.5) is 5.82 Å². The number of fused-ring (bicyclic) bond motifs is 2. The zero-order chi connectivity index (χ0) is 16.5. The molecule has 6 nitrogen and oxygen atoms in total. The average Bonchev–Trinajstić information content (AvgIpc) is 2.96. The molecule has 2 heterocycles. The van der Waals surface area contributed by atoms with Crippen molar-refractivity contribution in [3.63, 3.8) is 0 Å². The lowest BCUT2D eigenvalue weighted by molar-refractivity contribution is -0.115. The number of nitrogens with zero attached hydrogens (tertiary/aromatic N) is 1. The van der Waals surface area contributed by atoms with Crippen molar-refractivity contribution in [2.45, 2.75) is 6.42 Å². The van der Waals surface area contributed by atoms with Gasteiger partial charge in [0.15, 0.2) is 17.3 Å². The third-order valence-electron chi connectivity index (χ3n) is 3.75. The molecule has 0 radical (unpaired) electrons. The van der Waals surface area contributed by atoms with Gasteiger partial charge in [0, 0.05) is 10.4 Å². The molecule has 2 aromatic carbocycles. The van der Waals surface area contributed by atoms with Gasteiger partial charge in [-0.3, -0.25) is 9.89 Å². The molecule has 2 N–H and O–H groups in total. The van der Waals surface area contributed by atoms with Crippen molar-refractivity contribution < 1.29 is 14.3 Å². The van der Waals surface area contributed by atoms with Gasteiger partial charge in [-0.25, -0.2) is 0 Å². The van der Waals surface area contributed by atoms with Crippen molar-refractivity contribution >= 4 is 34.2 Å². The fourth-order valence-corrected chi connectivity index (χ4v) is 2.82. The number of carbonyl (C=O) groups is 1.